The van der Waals surface area contributed by atoms with Gasteiger partial charge in [-0.3, -0.25) is 14.4 Å². The SMILES string of the molecule is COc1cc(OC)cc(-c2nn(-c3cc(N4CCCC4)ccc3C(F)(F)F)c(=O)c3c2CCN3CC(=O)N2CCN(C(C)=O)CC2)c1. The monoisotopic (exact) mass is 654 g/mol. The van der Waals surface area contributed by atoms with Gasteiger partial charge in [-0.05, 0) is 49.6 Å². The average Bonchev–Trinajstić information content (AvgIpc) is 3.75. The highest BCUT2D eigenvalue weighted by atomic mass is 19.4. The molecule has 14 heteroatoms. The van der Waals surface area contributed by atoms with Crippen LogP contribution in [0.2, 0.25) is 0 Å². The fourth-order valence-corrected chi connectivity index (χ4v) is 6.61. The van der Waals surface area contributed by atoms with E-state index in [1.807, 2.05) is 4.90 Å². The van der Waals surface area contributed by atoms with Gasteiger partial charge < -0.3 is 29.1 Å². The lowest BCUT2D eigenvalue weighted by Gasteiger charge is -2.35. The number of methoxy groups -OCH3 is 2. The van der Waals surface area contributed by atoms with Crippen LogP contribution in [0.5, 0.6) is 11.5 Å². The van der Waals surface area contributed by atoms with Gasteiger partial charge in [0.2, 0.25) is 11.8 Å². The molecule has 0 spiro atoms. The Labute approximate surface area is 270 Å². The van der Waals surface area contributed by atoms with Crippen molar-refractivity contribution in [1.82, 2.24) is 19.6 Å². The second kappa shape index (κ2) is 12.8. The molecule has 11 nitrogen and oxygen atoms in total. The number of amides is 2. The molecule has 0 atom stereocenters. The van der Waals surface area contributed by atoms with Gasteiger partial charge in [-0.2, -0.15) is 23.0 Å². The minimum atomic E-state index is -4.77. The molecule has 2 amide bonds. The lowest BCUT2D eigenvalue weighted by atomic mass is 10.0. The maximum Gasteiger partial charge on any atom is 0.418 e. The number of carbonyl (C=O) groups excluding carboxylic acids is 2. The van der Waals surface area contributed by atoms with Crippen molar-refractivity contribution in [3.05, 3.63) is 57.9 Å². The zero-order valence-electron chi connectivity index (χ0n) is 26.6. The summed E-state index contributed by atoms with van der Waals surface area (Å²) < 4.78 is 55.3. The van der Waals surface area contributed by atoms with Gasteiger partial charge in [0.05, 0.1) is 37.7 Å². The van der Waals surface area contributed by atoms with Crippen LogP contribution in [0.15, 0.2) is 41.2 Å². The van der Waals surface area contributed by atoms with E-state index in [4.69, 9.17) is 9.47 Å². The molecule has 47 heavy (non-hydrogen) atoms. The number of nitrogens with zero attached hydrogens (tertiary/aromatic N) is 6. The molecular weight excluding hydrogens is 617 g/mol. The van der Waals surface area contributed by atoms with E-state index >= 15 is 0 Å². The topological polar surface area (TPSA) is 100 Å². The van der Waals surface area contributed by atoms with Crippen LogP contribution in [-0.2, 0) is 22.2 Å². The Balaban J connectivity index is 1.49. The standard InChI is InChI=1S/C33H37F3N6O5/c1-21(43)38-12-14-40(15-13-38)29(44)20-41-11-8-26-30(22-16-24(46-2)19-25(17-22)47-3)37-42(32(45)31(26)41)28-18-23(39-9-4-5-10-39)6-7-27(28)33(34,35)36/h6-7,16-19H,4-5,8-15,20H2,1-3H3. The first-order valence-electron chi connectivity index (χ1n) is 15.6. The third-order valence-corrected chi connectivity index (χ3v) is 9.13. The summed E-state index contributed by atoms with van der Waals surface area (Å²) in [7, 11) is 2.97. The van der Waals surface area contributed by atoms with E-state index in [2.05, 4.69) is 5.10 Å². The molecule has 0 N–H and O–H groups in total. The molecule has 0 bridgehead atoms. The number of alkyl halides is 3. The molecule has 0 saturated carbocycles. The number of benzene rings is 2. The number of fused-ring (bicyclic) bond motifs is 1. The molecule has 3 aliphatic rings. The van der Waals surface area contributed by atoms with Crippen molar-refractivity contribution in [2.75, 3.05) is 76.4 Å². The minimum absolute atomic E-state index is 0.0626. The number of hydrogen-bond donors (Lipinski definition) is 0. The molecule has 2 aromatic carbocycles. The third-order valence-electron chi connectivity index (χ3n) is 9.13. The fourth-order valence-electron chi connectivity index (χ4n) is 6.61. The van der Waals surface area contributed by atoms with E-state index in [9.17, 15) is 27.6 Å². The van der Waals surface area contributed by atoms with Crippen LogP contribution in [0.25, 0.3) is 16.9 Å². The quantitative estimate of drug-likeness (QED) is 0.382. The van der Waals surface area contributed by atoms with Gasteiger partial charge in [-0.15, -0.1) is 0 Å². The number of anilines is 2. The summed E-state index contributed by atoms with van der Waals surface area (Å²) in [6.07, 6.45) is -2.58. The Morgan fingerprint density at radius 2 is 1.51 bits per heavy atom. The highest BCUT2D eigenvalue weighted by Crippen LogP contribution is 2.39. The van der Waals surface area contributed by atoms with E-state index in [1.165, 1.54) is 33.3 Å². The Kier molecular flexibility index (Phi) is 8.77. The van der Waals surface area contributed by atoms with Crippen molar-refractivity contribution < 1.29 is 32.2 Å². The van der Waals surface area contributed by atoms with Gasteiger partial charge in [0.1, 0.15) is 17.2 Å². The predicted molar refractivity (Wildman–Crippen MR) is 170 cm³/mol. The first kappa shape index (κ1) is 32.2. The molecule has 250 valence electrons. The second-order valence-corrected chi connectivity index (χ2v) is 11.9. The maximum absolute atomic E-state index is 14.5. The molecule has 3 aliphatic heterocycles. The molecule has 3 aromatic rings. The summed E-state index contributed by atoms with van der Waals surface area (Å²) in [5.41, 5.74) is -0.106. The van der Waals surface area contributed by atoms with E-state index in [0.717, 1.165) is 23.6 Å². The fraction of sp³-hybridized carbons (Fsp3) is 0.455. The Morgan fingerprint density at radius 1 is 0.872 bits per heavy atom. The zero-order chi connectivity index (χ0) is 33.5. The second-order valence-electron chi connectivity index (χ2n) is 11.9. The normalized spacial score (nSPS) is 16.5. The van der Waals surface area contributed by atoms with Crippen LogP contribution in [0.1, 0.15) is 30.9 Å². The van der Waals surface area contributed by atoms with Gasteiger partial charge >= 0.3 is 6.18 Å². The Hall–Kier alpha value is -4.75. The molecule has 6 rings (SSSR count). The first-order valence-corrected chi connectivity index (χ1v) is 15.6. The van der Waals surface area contributed by atoms with E-state index in [0.29, 0.717) is 86.2 Å². The average molecular weight is 655 g/mol. The number of carbonyl (C=O) groups is 2. The summed E-state index contributed by atoms with van der Waals surface area (Å²) in [6.45, 7) is 4.55. The molecule has 0 unspecified atom stereocenters. The maximum atomic E-state index is 14.5. The van der Waals surface area contributed by atoms with Crippen molar-refractivity contribution in [2.45, 2.75) is 32.4 Å². The van der Waals surface area contributed by atoms with E-state index in [-0.39, 0.29) is 29.7 Å². The van der Waals surface area contributed by atoms with Crippen molar-refractivity contribution in [2.24, 2.45) is 0 Å². The van der Waals surface area contributed by atoms with Crippen LogP contribution < -0.4 is 24.8 Å². The van der Waals surface area contributed by atoms with E-state index in [1.54, 1.807) is 32.9 Å². The number of ether oxygens (including phenoxy) is 2. The first-order chi connectivity index (χ1) is 22.5. The van der Waals surface area contributed by atoms with Gasteiger partial charge in [0, 0.05) is 75.6 Å². The minimum Gasteiger partial charge on any atom is -0.497 e. The Morgan fingerprint density at radius 3 is 2.11 bits per heavy atom. The molecule has 2 fully saturated rings. The third kappa shape index (κ3) is 6.32. The Bertz CT molecular complexity index is 1720. The number of aromatic nitrogens is 2. The van der Waals surface area contributed by atoms with Gasteiger partial charge in [0.25, 0.3) is 5.56 Å². The summed E-state index contributed by atoms with van der Waals surface area (Å²) in [4.78, 5) is 46.5. The molecule has 0 aliphatic carbocycles. The van der Waals surface area contributed by atoms with Gasteiger partial charge in [-0.1, -0.05) is 0 Å². The smallest absolute Gasteiger partial charge is 0.418 e. The van der Waals surface area contributed by atoms with Crippen molar-refractivity contribution in [3.8, 4) is 28.4 Å². The van der Waals surface area contributed by atoms with Crippen LogP contribution in [0.3, 0.4) is 0 Å². The molecule has 1 aromatic heterocycles. The summed E-state index contributed by atoms with van der Waals surface area (Å²) >= 11 is 0. The highest BCUT2D eigenvalue weighted by molar-refractivity contribution is 5.84. The summed E-state index contributed by atoms with van der Waals surface area (Å²) in [6, 6.07) is 8.85. The lowest BCUT2D eigenvalue weighted by Crippen LogP contribution is -2.52. The van der Waals surface area contributed by atoms with Crippen LogP contribution in [0, 0.1) is 0 Å². The van der Waals surface area contributed by atoms with Gasteiger partial charge in [0.15, 0.2) is 0 Å². The number of hydrogen-bond acceptors (Lipinski definition) is 8. The van der Waals surface area contributed by atoms with Crippen LogP contribution in [0.4, 0.5) is 24.5 Å². The van der Waals surface area contributed by atoms with Crippen molar-refractivity contribution >= 4 is 23.2 Å². The predicted octanol–water partition coefficient (Wildman–Crippen LogP) is 3.59. The van der Waals surface area contributed by atoms with Gasteiger partial charge in [-0.25, -0.2) is 0 Å². The largest absolute Gasteiger partial charge is 0.497 e. The summed E-state index contributed by atoms with van der Waals surface area (Å²) in [5.74, 6) is 0.580. The lowest BCUT2D eigenvalue weighted by molar-refractivity contribution is -0.137. The number of halogens is 3. The van der Waals surface area contributed by atoms with Crippen LogP contribution >= 0.6 is 0 Å². The molecule has 0 radical (unpaired) electrons. The van der Waals surface area contributed by atoms with Crippen molar-refractivity contribution in [1.29, 1.82) is 0 Å². The zero-order valence-corrected chi connectivity index (χ0v) is 26.6. The molecule has 4 heterocycles. The number of rotatable bonds is 7. The van der Waals surface area contributed by atoms with E-state index < -0.39 is 17.3 Å². The van der Waals surface area contributed by atoms with Crippen molar-refractivity contribution in [3.63, 3.8) is 0 Å². The molecular formula is C33H37F3N6O5. The summed E-state index contributed by atoms with van der Waals surface area (Å²) in [5, 5.41) is 4.62. The molecule has 2 saturated heterocycles. The number of piperazine rings is 1. The van der Waals surface area contributed by atoms with Crippen LogP contribution in [-0.4, -0.2) is 98.0 Å². The highest BCUT2D eigenvalue weighted by Gasteiger charge is 2.37.